The second kappa shape index (κ2) is 6.24. The van der Waals surface area contributed by atoms with E-state index < -0.39 is 10.0 Å². The molecule has 0 aliphatic carbocycles. The molecule has 0 amide bonds. The molecule has 0 radical (unpaired) electrons. The van der Waals surface area contributed by atoms with Gasteiger partial charge in [0.25, 0.3) is 0 Å². The predicted molar refractivity (Wildman–Crippen MR) is 81.8 cm³/mol. The van der Waals surface area contributed by atoms with E-state index in [1.807, 2.05) is 30.3 Å². The zero-order valence-corrected chi connectivity index (χ0v) is 13.1. The Morgan fingerprint density at radius 2 is 1.90 bits per heavy atom. The Hall–Kier alpha value is -1.92. The molecular formula is C15H18N2O3S. The first-order valence-electron chi connectivity index (χ1n) is 6.51. The topological polar surface area (TPSA) is 63.4 Å². The molecule has 0 atom stereocenters. The molecule has 0 aliphatic rings. The summed E-state index contributed by atoms with van der Waals surface area (Å²) in [4.78, 5) is 0. The molecule has 112 valence electrons. The Balaban J connectivity index is 2.14. The van der Waals surface area contributed by atoms with Crippen molar-refractivity contribution in [3.63, 3.8) is 0 Å². The maximum atomic E-state index is 12.2. The van der Waals surface area contributed by atoms with E-state index in [-0.39, 0.29) is 6.54 Å². The fourth-order valence-electron chi connectivity index (χ4n) is 1.87. The fraction of sp³-hybridized carbons (Fsp3) is 0.267. The zero-order chi connectivity index (χ0) is 15.5. The van der Waals surface area contributed by atoms with Gasteiger partial charge in [0.1, 0.15) is 5.76 Å². The molecule has 2 aromatic rings. The molecule has 1 heterocycles. The lowest BCUT2D eigenvalue weighted by Crippen LogP contribution is -2.24. The highest BCUT2D eigenvalue weighted by Gasteiger charge is 2.18. The van der Waals surface area contributed by atoms with E-state index in [2.05, 4.69) is 5.16 Å². The largest absolute Gasteiger partial charge is 0.361 e. The molecule has 0 aliphatic heterocycles. The lowest BCUT2D eigenvalue weighted by molar-refractivity contribution is 0.390. The monoisotopic (exact) mass is 306 g/mol. The van der Waals surface area contributed by atoms with Gasteiger partial charge in [-0.1, -0.05) is 35.5 Å². The summed E-state index contributed by atoms with van der Waals surface area (Å²) in [5.74, 6) is 0.640. The van der Waals surface area contributed by atoms with E-state index in [1.54, 1.807) is 19.9 Å². The van der Waals surface area contributed by atoms with Crippen LogP contribution in [0.4, 0.5) is 0 Å². The van der Waals surface area contributed by atoms with Crippen LogP contribution in [0.5, 0.6) is 0 Å². The molecule has 0 saturated carbocycles. The van der Waals surface area contributed by atoms with Crippen LogP contribution in [-0.4, -0.2) is 24.9 Å². The van der Waals surface area contributed by atoms with Gasteiger partial charge in [-0.3, -0.25) is 0 Å². The van der Waals surface area contributed by atoms with Crippen LogP contribution in [0.25, 0.3) is 6.08 Å². The van der Waals surface area contributed by atoms with Crippen molar-refractivity contribution >= 4 is 16.1 Å². The van der Waals surface area contributed by atoms with Crippen molar-refractivity contribution in [3.8, 4) is 0 Å². The van der Waals surface area contributed by atoms with Gasteiger partial charge in [-0.25, -0.2) is 8.42 Å². The van der Waals surface area contributed by atoms with Crippen LogP contribution >= 0.6 is 0 Å². The number of aromatic nitrogens is 1. The van der Waals surface area contributed by atoms with E-state index in [0.717, 1.165) is 11.1 Å². The summed E-state index contributed by atoms with van der Waals surface area (Å²) in [6.07, 6.45) is 1.58. The summed E-state index contributed by atoms with van der Waals surface area (Å²) >= 11 is 0. The van der Waals surface area contributed by atoms with Crippen molar-refractivity contribution in [3.05, 3.63) is 58.3 Å². The molecule has 2 rings (SSSR count). The van der Waals surface area contributed by atoms with Crippen molar-refractivity contribution in [2.24, 2.45) is 0 Å². The third-order valence-corrected chi connectivity index (χ3v) is 4.71. The molecular weight excluding hydrogens is 288 g/mol. The molecule has 0 saturated heterocycles. The summed E-state index contributed by atoms with van der Waals surface area (Å²) in [5.41, 5.74) is 2.35. The number of nitrogens with zero attached hydrogens (tertiary/aromatic N) is 2. The van der Waals surface area contributed by atoms with Crippen LogP contribution in [0, 0.1) is 13.8 Å². The number of rotatable bonds is 5. The summed E-state index contributed by atoms with van der Waals surface area (Å²) in [7, 11) is -1.95. The Labute approximate surface area is 124 Å². The van der Waals surface area contributed by atoms with E-state index >= 15 is 0 Å². The SMILES string of the molecule is Cc1noc(C)c1CN(C)S(=O)(=O)/C=C/c1ccccc1. The average Bonchev–Trinajstić information content (AvgIpc) is 2.78. The Morgan fingerprint density at radius 1 is 1.24 bits per heavy atom. The maximum absolute atomic E-state index is 12.2. The number of hydrogen-bond donors (Lipinski definition) is 0. The highest BCUT2D eigenvalue weighted by molar-refractivity contribution is 7.92. The predicted octanol–water partition coefficient (Wildman–Crippen LogP) is 2.72. The molecule has 21 heavy (non-hydrogen) atoms. The molecule has 0 bridgehead atoms. The smallest absolute Gasteiger partial charge is 0.236 e. The lowest BCUT2D eigenvalue weighted by Gasteiger charge is -2.14. The summed E-state index contributed by atoms with van der Waals surface area (Å²) in [5, 5.41) is 5.04. The number of aryl methyl sites for hydroxylation is 2. The quantitative estimate of drug-likeness (QED) is 0.852. The van der Waals surface area contributed by atoms with Gasteiger partial charge in [0, 0.05) is 24.6 Å². The van der Waals surface area contributed by atoms with E-state index in [4.69, 9.17) is 4.52 Å². The van der Waals surface area contributed by atoms with Crippen LogP contribution in [0.15, 0.2) is 40.3 Å². The maximum Gasteiger partial charge on any atom is 0.236 e. The molecule has 0 spiro atoms. The molecule has 0 fully saturated rings. The third kappa shape index (κ3) is 3.80. The van der Waals surface area contributed by atoms with Gasteiger partial charge in [-0.2, -0.15) is 4.31 Å². The van der Waals surface area contributed by atoms with E-state index in [0.29, 0.717) is 11.5 Å². The second-order valence-corrected chi connectivity index (χ2v) is 6.74. The van der Waals surface area contributed by atoms with Gasteiger partial charge in [-0.15, -0.1) is 0 Å². The van der Waals surface area contributed by atoms with Crippen molar-refractivity contribution in [2.75, 3.05) is 7.05 Å². The average molecular weight is 306 g/mol. The van der Waals surface area contributed by atoms with E-state index in [1.165, 1.54) is 16.8 Å². The second-order valence-electron chi connectivity index (χ2n) is 4.82. The molecule has 5 nitrogen and oxygen atoms in total. The van der Waals surface area contributed by atoms with Gasteiger partial charge >= 0.3 is 0 Å². The van der Waals surface area contributed by atoms with Gasteiger partial charge < -0.3 is 4.52 Å². The number of hydrogen-bond acceptors (Lipinski definition) is 4. The molecule has 1 aromatic carbocycles. The summed E-state index contributed by atoms with van der Waals surface area (Å²) < 4.78 is 30.8. The van der Waals surface area contributed by atoms with Gasteiger partial charge in [0.2, 0.25) is 10.0 Å². The first-order chi connectivity index (χ1) is 9.90. The highest BCUT2D eigenvalue weighted by Crippen LogP contribution is 2.17. The molecule has 6 heteroatoms. The number of benzene rings is 1. The summed E-state index contributed by atoms with van der Waals surface area (Å²) in [6, 6.07) is 9.30. The fourth-order valence-corrected chi connectivity index (χ4v) is 2.72. The number of sulfonamides is 1. The van der Waals surface area contributed by atoms with Crippen molar-refractivity contribution in [2.45, 2.75) is 20.4 Å². The molecule has 1 aromatic heterocycles. The standard InChI is InChI=1S/C15H18N2O3S/c1-12-15(13(2)20-16-12)11-17(3)21(18,19)10-9-14-7-5-4-6-8-14/h4-10H,11H2,1-3H3/b10-9+. The summed E-state index contributed by atoms with van der Waals surface area (Å²) in [6.45, 7) is 3.81. The van der Waals surface area contributed by atoms with Crippen molar-refractivity contribution in [1.82, 2.24) is 9.46 Å². The minimum atomic E-state index is -3.48. The Bertz CT molecular complexity index is 714. The van der Waals surface area contributed by atoms with E-state index in [9.17, 15) is 8.42 Å². The molecule has 0 N–H and O–H groups in total. The zero-order valence-electron chi connectivity index (χ0n) is 12.3. The van der Waals surface area contributed by atoms with Gasteiger partial charge in [0.05, 0.1) is 5.69 Å². The normalized spacial score (nSPS) is 12.4. The Kier molecular flexibility index (Phi) is 4.59. The van der Waals surface area contributed by atoms with Crippen molar-refractivity contribution in [1.29, 1.82) is 0 Å². The van der Waals surface area contributed by atoms with Crippen molar-refractivity contribution < 1.29 is 12.9 Å². The molecule has 0 unspecified atom stereocenters. The highest BCUT2D eigenvalue weighted by atomic mass is 32.2. The van der Waals surface area contributed by atoms with Crippen LogP contribution < -0.4 is 0 Å². The van der Waals surface area contributed by atoms with Gasteiger partial charge in [-0.05, 0) is 25.5 Å². The van der Waals surface area contributed by atoms with Crippen LogP contribution in [-0.2, 0) is 16.6 Å². The first kappa shape index (κ1) is 15.5. The lowest BCUT2D eigenvalue weighted by atomic mass is 10.2. The minimum absolute atomic E-state index is 0.239. The van der Waals surface area contributed by atoms with Crippen LogP contribution in [0.3, 0.4) is 0 Å². The first-order valence-corrected chi connectivity index (χ1v) is 8.01. The Morgan fingerprint density at radius 3 is 2.48 bits per heavy atom. The third-order valence-electron chi connectivity index (χ3n) is 3.23. The van der Waals surface area contributed by atoms with Gasteiger partial charge in [0.15, 0.2) is 0 Å². The minimum Gasteiger partial charge on any atom is -0.361 e. The van der Waals surface area contributed by atoms with Crippen LogP contribution in [0.2, 0.25) is 0 Å². The van der Waals surface area contributed by atoms with Crippen LogP contribution in [0.1, 0.15) is 22.6 Å².